The number of esters is 1. The smallest absolute Gasteiger partial charge is 0.323 e. The Kier molecular flexibility index (Phi) is 5.65. The summed E-state index contributed by atoms with van der Waals surface area (Å²) in [5.74, 6) is -0.982. The van der Waals surface area contributed by atoms with Crippen LogP contribution in [0.1, 0.15) is 13.8 Å². The first kappa shape index (κ1) is 16.3. The third kappa shape index (κ3) is 3.62. The summed E-state index contributed by atoms with van der Waals surface area (Å²) in [7, 11) is 0. The molecule has 1 fully saturated rings. The molecule has 0 amide bonds. The van der Waals surface area contributed by atoms with E-state index in [4.69, 9.17) is 20.3 Å². The van der Waals surface area contributed by atoms with Gasteiger partial charge in [-0.3, -0.25) is 4.79 Å². The lowest BCUT2D eigenvalue weighted by Gasteiger charge is -2.39. The number of aliphatic hydroxyl groups is 4. The average molecular weight is 279 g/mol. The fraction of sp³-hybridized carbons (Fsp3) is 0.909. The molecular formula is C11H21NO7. The van der Waals surface area contributed by atoms with Gasteiger partial charge >= 0.3 is 5.97 Å². The second-order valence-electron chi connectivity index (χ2n) is 4.90. The maximum absolute atomic E-state index is 11.7. The summed E-state index contributed by atoms with van der Waals surface area (Å²) in [5, 5.41) is 37.9. The molecule has 8 heteroatoms. The van der Waals surface area contributed by atoms with Gasteiger partial charge in [0.15, 0.2) is 12.4 Å². The fourth-order valence-electron chi connectivity index (χ4n) is 1.69. The first-order valence-corrected chi connectivity index (χ1v) is 6.06. The lowest BCUT2D eigenvalue weighted by Crippen LogP contribution is -2.60. The standard InChI is InChI=1S/C11H21NO7/c1-4(2)6(12)10(16)19-9-7(14)5(3-13)18-11(17)8(9)15/h4-9,11,13-15,17H,3,12H2,1-2H3/t5-,6+,7-,8-,9+,11?/m1/s1. The van der Waals surface area contributed by atoms with Crippen LogP contribution in [-0.2, 0) is 14.3 Å². The summed E-state index contributed by atoms with van der Waals surface area (Å²) >= 11 is 0. The second-order valence-corrected chi connectivity index (χ2v) is 4.90. The van der Waals surface area contributed by atoms with E-state index in [1.54, 1.807) is 13.8 Å². The molecule has 0 aliphatic carbocycles. The molecule has 6 atom stereocenters. The Balaban J connectivity index is 2.75. The summed E-state index contributed by atoms with van der Waals surface area (Å²) in [6, 6.07) is -0.910. The zero-order valence-electron chi connectivity index (χ0n) is 10.8. The Morgan fingerprint density at radius 3 is 2.37 bits per heavy atom. The lowest BCUT2D eigenvalue weighted by molar-refractivity contribution is -0.290. The van der Waals surface area contributed by atoms with E-state index in [-0.39, 0.29) is 5.92 Å². The number of hydrogen-bond donors (Lipinski definition) is 5. The van der Waals surface area contributed by atoms with E-state index >= 15 is 0 Å². The molecule has 8 nitrogen and oxygen atoms in total. The minimum Gasteiger partial charge on any atom is -0.455 e. The van der Waals surface area contributed by atoms with Crippen molar-refractivity contribution in [3.05, 3.63) is 0 Å². The SMILES string of the molecule is CC(C)[C@H](N)C(=O)O[C@H]1[C@H](O)[C@@H](CO)OC(O)[C@@H]1O. The number of nitrogens with two attached hydrogens (primary N) is 1. The van der Waals surface area contributed by atoms with E-state index in [2.05, 4.69) is 0 Å². The highest BCUT2D eigenvalue weighted by Gasteiger charge is 2.46. The third-order valence-corrected chi connectivity index (χ3v) is 3.08. The van der Waals surface area contributed by atoms with Gasteiger partial charge in [0.25, 0.3) is 0 Å². The van der Waals surface area contributed by atoms with E-state index in [0.717, 1.165) is 0 Å². The molecule has 6 N–H and O–H groups in total. The van der Waals surface area contributed by atoms with Gasteiger partial charge < -0.3 is 35.6 Å². The quantitative estimate of drug-likeness (QED) is 0.350. The molecule has 0 aromatic rings. The predicted molar refractivity (Wildman–Crippen MR) is 62.7 cm³/mol. The summed E-state index contributed by atoms with van der Waals surface area (Å²) in [6.45, 7) is 2.84. The van der Waals surface area contributed by atoms with Crippen LogP contribution in [0.15, 0.2) is 0 Å². The van der Waals surface area contributed by atoms with Crippen LogP contribution in [0.3, 0.4) is 0 Å². The second kappa shape index (κ2) is 6.60. The maximum atomic E-state index is 11.7. The summed E-state index contributed by atoms with van der Waals surface area (Å²) in [6.07, 6.45) is -7.27. The highest BCUT2D eigenvalue weighted by molar-refractivity contribution is 5.76. The molecule has 0 radical (unpaired) electrons. The van der Waals surface area contributed by atoms with Gasteiger partial charge in [-0.2, -0.15) is 0 Å². The Labute approximate surface area is 110 Å². The van der Waals surface area contributed by atoms with Crippen LogP contribution < -0.4 is 5.73 Å². The van der Waals surface area contributed by atoms with Gasteiger partial charge in [0.05, 0.1) is 6.61 Å². The Morgan fingerprint density at radius 1 is 1.32 bits per heavy atom. The van der Waals surface area contributed by atoms with Gasteiger partial charge in [-0.05, 0) is 5.92 Å². The summed E-state index contributed by atoms with van der Waals surface area (Å²) in [5.41, 5.74) is 5.59. The van der Waals surface area contributed by atoms with Crippen LogP contribution in [0.5, 0.6) is 0 Å². The number of carbonyl (C=O) groups excluding carboxylic acids is 1. The van der Waals surface area contributed by atoms with Gasteiger partial charge in [0.2, 0.25) is 0 Å². The largest absolute Gasteiger partial charge is 0.455 e. The average Bonchev–Trinajstić information content (AvgIpc) is 2.37. The van der Waals surface area contributed by atoms with Gasteiger partial charge in [-0.1, -0.05) is 13.8 Å². The molecule has 0 aromatic heterocycles. The Hall–Kier alpha value is -0.770. The van der Waals surface area contributed by atoms with E-state index in [1.807, 2.05) is 0 Å². The van der Waals surface area contributed by atoms with Crippen LogP contribution in [0.25, 0.3) is 0 Å². The molecule has 1 heterocycles. The predicted octanol–water partition coefficient (Wildman–Crippen LogP) is -2.69. The van der Waals surface area contributed by atoms with Crippen LogP contribution in [0.4, 0.5) is 0 Å². The molecule has 1 saturated heterocycles. The van der Waals surface area contributed by atoms with Crippen LogP contribution >= 0.6 is 0 Å². The van der Waals surface area contributed by atoms with Crippen molar-refractivity contribution in [2.24, 2.45) is 11.7 Å². The van der Waals surface area contributed by atoms with Crippen molar-refractivity contribution in [1.29, 1.82) is 0 Å². The van der Waals surface area contributed by atoms with Crippen molar-refractivity contribution in [3.8, 4) is 0 Å². The molecular weight excluding hydrogens is 258 g/mol. The zero-order chi connectivity index (χ0) is 14.7. The first-order valence-electron chi connectivity index (χ1n) is 6.06. The molecule has 1 aliphatic rings. The monoisotopic (exact) mass is 279 g/mol. The van der Waals surface area contributed by atoms with Crippen LogP contribution in [-0.4, -0.2) is 69.8 Å². The topological polar surface area (TPSA) is 142 Å². The van der Waals surface area contributed by atoms with Crippen molar-refractivity contribution >= 4 is 5.97 Å². The first-order chi connectivity index (χ1) is 8.79. The van der Waals surface area contributed by atoms with Crippen LogP contribution in [0, 0.1) is 5.92 Å². The van der Waals surface area contributed by atoms with Gasteiger partial charge in [-0.15, -0.1) is 0 Å². The van der Waals surface area contributed by atoms with E-state index in [0.29, 0.717) is 0 Å². The lowest BCUT2D eigenvalue weighted by atomic mass is 9.98. The Morgan fingerprint density at radius 2 is 1.89 bits per heavy atom. The third-order valence-electron chi connectivity index (χ3n) is 3.08. The number of rotatable bonds is 4. The Bertz CT molecular complexity index is 311. The van der Waals surface area contributed by atoms with Gasteiger partial charge in [-0.25, -0.2) is 0 Å². The van der Waals surface area contributed by atoms with Crippen molar-refractivity contribution < 1.29 is 34.7 Å². The molecule has 1 rings (SSSR count). The molecule has 1 aliphatic heterocycles. The molecule has 19 heavy (non-hydrogen) atoms. The molecule has 112 valence electrons. The van der Waals surface area contributed by atoms with Crippen LogP contribution in [0.2, 0.25) is 0 Å². The maximum Gasteiger partial charge on any atom is 0.323 e. The van der Waals surface area contributed by atoms with Crippen molar-refractivity contribution in [3.63, 3.8) is 0 Å². The summed E-state index contributed by atoms with van der Waals surface area (Å²) in [4.78, 5) is 11.7. The summed E-state index contributed by atoms with van der Waals surface area (Å²) < 4.78 is 9.69. The molecule has 1 unspecified atom stereocenters. The molecule has 0 spiro atoms. The number of aliphatic hydroxyl groups excluding tert-OH is 4. The minimum atomic E-state index is -1.66. The van der Waals surface area contributed by atoms with E-state index < -0.39 is 49.3 Å². The minimum absolute atomic E-state index is 0.180. The molecule has 0 bridgehead atoms. The number of ether oxygens (including phenoxy) is 2. The van der Waals surface area contributed by atoms with E-state index in [9.17, 15) is 20.1 Å². The normalized spacial score (nSPS) is 37.2. The van der Waals surface area contributed by atoms with Crippen molar-refractivity contribution in [2.45, 2.75) is 50.6 Å². The van der Waals surface area contributed by atoms with Crippen molar-refractivity contribution in [2.75, 3.05) is 6.61 Å². The number of carbonyl (C=O) groups is 1. The van der Waals surface area contributed by atoms with Crippen molar-refractivity contribution in [1.82, 2.24) is 0 Å². The van der Waals surface area contributed by atoms with Gasteiger partial charge in [0, 0.05) is 0 Å². The molecule has 0 saturated carbocycles. The molecule has 0 aromatic carbocycles. The highest BCUT2D eigenvalue weighted by Crippen LogP contribution is 2.23. The zero-order valence-corrected chi connectivity index (χ0v) is 10.8. The highest BCUT2D eigenvalue weighted by atomic mass is 16.7. The van der Waals surface area contributed by atoms with Gasteiger partial charge in [0.1, 0.15) is 24.4 Å². The fourth-order valence-corrected chi connectivity index (χ4v) is 1.69. The number of hydrogen-bond acceptors (Lipinski definition) is 8. The van der Waals surface area contributed by atoms with E-state index in [1.165, 1.54) is 0 Å².